The number of allylic oxidation sites excluding steroid dienone is 1. The summed E-state index contributed by atoms with van der Waals surface area (Å²) < 4.78 is 0. The fourth-order valence-corrected chi connectivity index (χ4v) is 1.37. The van der Waals surface area contributed by atoms with Gasteiger partial charge < -0.3 is 5.32 Å². The molecule has 0 aromatic heterocycles. The van der Waals surface area contributed by atoms with Crippen LogP contribution in [-0.4, -0.2) is 12.5 Å². The van der Waals surface area contributed by atoms with Crippen molar-refractivity contribution in [2.45, 2.75) is 33.6 Å². The SMILES string of the molecule is C=CCCC(C(=O)NCC)C(C)C. The Morgan fingerprint density at radius 3 is 2.54 bits per heavy atom. The van der Waals surface area contributed by atoms with Crippen molar-refractivity contribution in [2.75, 3.05) is 6.54 Å². The maximum atomic E-state index is 11.5. The van der Waals surface area contributed by atoms with E-state index in [9.17, 15) is 4.79 Å². The Hall–Kier alpha value is -0.790. The summed E-state index contributed by atoms with van der Waals surface area (Å²) in [6, 6.07) is 0. The molecule has 0 rings (SSSR count). The van der Waals surface area contributed by atoms with Crippen molar-refractivity contribution in [3.8, 4) is 0 Å². The van der Waals surface area contributed by atoms with Crippen LogP contribution in [-0.2, 0) is 4.79 Å². The van der Waals surface area contributed by atoms with E-state index >= 15 is 0 Å². The van der Waals surface area contributed by atoms with Gasteiger partial charge in [-0.25, -0.2) is 0 Å². The molecular formula is C11H21NO. The second-order valence-electron chi connectivity index (χ2n) is 3.61. The highest BCUT2D eigenvalue weighted by molar-refractivity contribution is 5.78. The third-order valence-electron chi connectivity index (χ3n) is 2.17. The molecule has 76 valence electrons. The van der Waals surface area contributed by atoms with Crippen LogP contribution in [0.5, 0.6) is 0 Å². The molecule has 0 saturated carbocycles. The van der Waals surface area contributed by atoms with Crippen LogP contribution >= 0.6 is 0 Å². The van der Waals surface area contributed by atoms with Gasteiger partial charge in [-0.3, -0.25) is 4.79 Å². The molecule has 0 saturated heterocycles. The first kappa shape index (κ1) is 12.2. The Kier molecular flexibility index (Phi) is 6.29. The molecule has 0 radical (unpaired) electrons. The standard InChI is InChI=1S/C11H21NO/c1-5-7-8-10(9(3)4)11(13)12-6-2/h5,9-10H,1,6-8H2,2-4H3,(H,12,13). The minimum absolute atomic E-state index is 0.137. The highest BCUT2D eigenvalue weighted by atomic mass is 16.1. The summed E-state index contributed by atoms with van der Waals surface area (Å²) in [6.45, 7) is 10.5. The van der Waals surface area contributed by atoms with Crippen LogP contribution in [0.25, 0.3) is 0 Å². The number of carbonyl (C=O) groups is 1. The number of nitrogens with one attached hydrogen (secondary N) is 1. The maximum Gasteiger partial charge on any atom is 0.223 e. The largest absolute Gasteiger partial charge is 0.356 e. The molecule has 0 aliphatic rings. The molecule has 0 aromatic rings. The summed E-state index contributed by atoms with van der Waals surface area (Å²) in [5.41, 5.74) is 0. The van der Waals surface area contributed by atoms with Crippen molar-refractivity contribution in [1.29, 1.82) is 0 Å². The van der Waals surface area contributed by atoms with Crippen LogP contribution in [0, 0.1) is 11.8 Å². The lowest BCUT2D eigenvalue weighted by atomic mass is 9.90. The van der Waals surface area contributed by atoms with E-state index in [-0.39, 0.29) is 11.8 Å². The Bertz CT molecular complexity index is 163. The molecule has 0 bridgehead atoms. The van der Waals surface area contributed by atoms with Crippen LogP contribution in [0.4, 0.5) is 0 Å². The van der Waals surface area contributed by atoms with Crippen LogP contribution < -0.4 is 5.32 Å². The molecule has 1 unspecified atom stereocenters. The fourth-order valence-electron chi connectivity index (χ4n) is 1.37. The number of hydrogen-bond acceptors (Lipinski definition) is 1. The zero-order chi connectivity index (χ0) is 10.3. The first-order chi connectivity index (χ1) is 6.13. The molecule has 0 aromatic carbocycles. The minimum atomic E-state index is 0.137. The van der Waals surface area contributed by atoms with Gasteiger partial charge in [-0.05, 0) is 25.7 Å². The summed E-state index contributed by atoms with van der Waals surface area (Å²) >= 11 is 0. The molecule has 0 aliphatic carbocycles. The van der Waals surface area contributed by atoms with Crippen molar-refractivity contribution < 1.29 is 4.79 Å². The highest BCUT2D eigenvalue weighted by Crippen LogP contribution is 2.17. The van der Waals surface area contributed by atoms with Crippen LogP contribution in [0.3, 0.4) is 0 Å². The van der Waals surface area contributed by atoms with Crippen molar-refractivity contribution >= 4 is 5.91 Å². The minimum Gasteiger partial charge on any atom is -0.356 e. The molecular weight excluding hydrogens is 162 g/mol. The third kappa shape index (κ3) is 4.71. The Labute approximate surface area is 81.4 Å². The Balaban J connectivity index is 4.06. The number of rotatable bonds is 6. The van der Waals surface area contributed by atoms with Gasteiger partial charge in [-0.2, -0.15) is 0 Å². The van der Waals surface area contributed by atoms with E-state index in [2.05, 4.69) is 25.7 Å². The number of carbonyl (C=O) groups excluding carboxylic acids is 1. The predicted octanol–water partition coefficient (Wildman–Crippen LogP) is 2.36. The van der Waals surface area contributed by atoms with Crippen molar-refractivity contribution in [2.24, 2.45) is 11.8 Å². The van der Waals surface area contributed by atoms with E-state index in [1.807, 2.05) is 13.0 Å². The van der Waals surface area contributed by atoms with Gasteiger partial charge in [0, 0.05) is 12.5 Å². The molecule has 2 heteroatoms. The van der Waals surface area contributed by atoms with Crippen LogP contribution in [0.15, 0.2) is 12.7 Å². The normalized spacial score (nSPS) is 12.6. The fraction of sp³-hybridized carbons (Fsp3) is 0.727. The zero-order valence-electron chi connectivity index (χ0n) is 8.97. The van der Waals surface area contributed by atoms with Gasteiger partial charge in [0.15, 0.2) is 0 Å². The van der Waals surface area contributed by atoms with E-state index in [1.54, 1.807) is 0 Å². The van der Waals surface area contributed by atoms with E-state index in [4.69, 9.17) is 0 Å². The molecule has 0 heterocycles. The molecule has 2 nitrogen and oxygen atoms in total. The Morgan fingerprint density at radius 1 is 1.54 bits per heavy atom. The lowest BCUT2D eigenvalue weighted by Crippen LogP contribution is -2.33. The van der Waals surface area contributed by atoms with Gasteiger partial charge in [0.1, 0.15) is 0 Å². The van der Waals surface area contributed by atoms with Crippen molar-refractivity contribution in [3.63, 3.8) is 0 Å². The molecule has 0 aliphatic heterocycles. The second-order valence-corrected chi connectivity index (χ2v) is 3.61. The predicted molar refractivity (Wildman–Crippen MR) is 56.4 cm³/mol. The summed E-state index contributed by atoms with van der Waals surface area (Å²) in [6.07, 6.45) is 3.70. The van der Waals surface area contributed by atoms with Gasteiger partial charge >= 0.3 is 0 Å². The number of amides is 1. The number of hydrogen-bond donors (Lipinski definition) is 1. The van der Waals surface area contributed by atoms with Gasteiger partial charge in [-0.15, -0.1) is 6.58 Å². The quantitative estimate of drug-likeness (QED) is 0.629. The van der Waals surface area contributed by atoms with E-state index in [1.165, 1.54) is 0 Å². The van der Waals surface area contributed by atoms with Gasteiger partial charge in [-0.1, -0.05) is 19.9 Å². The molecule has 13 heavy (non-hydrogen) atoms. The summed E-state index contributed by atoms with van der Waals surface area (Å²) in [5.74, 6) is 0.726. The highest BCUT2D eigenvalue weighted by Gasteiger charge is 2.20. The van der Waals surface area contributed by atoms with E-state index < -0.39 is 0 Å². The molecule has 0 spiro atoms. The molecule has 1 amide bonds. The Morgan fingerprint density at radius 2 is 2.15 bits per heavy atom. The second kappa shape index (κ2) is 6.70. The monoisotopic (exact) mass is 183 g/mol. The van der Waals surface area contributed by atoms with Gasteiger partial charge in [0.05, 0.1) is 0 Å². The lowest BCUT2D eigenvalue weighted by molar-refractivity contribution is -0.126. The lowest BCUT2D eigenvalue weighted by Gasteiger charge is -2.18. The van der Waals surface area contributed by atoms with Crippen LogP contribution in [0.2, 0.25) is 0 Å². The first-order valence-corrected chi connectivity index (χ1v) is 5.02. The maximum absolute atomic E-state index is 11.5. The summed E-state index contributed by atoms with van der Waals surface area (Å²) in [5, 5.41) is 2.86. The van der Waals surface area contributed by atoms with Crippen molar-refractivity contribution in [1.82, 2.24) is 5.32 Å². The van der Waals surface area contributed by atoms with Crippen LogP contribution in [0.1, 0.15) is 33.6 Å². The summed E-state index contributed by atoms with van der Waals surface area (Å²) in [7, 11) is 0. The third-order valence-corrected chi connectivity index (χ3v) is 2.17. The van der Waals surface area contributed by atoms with Gasteiger partial charge in [0.25, 0.3) is 0 Å². The van der Waals surface area contributed by atoms with E-state index in [0.717, 1.165) is 19.4 Å². The molecule has 0 fully saturated rings. The smallest absolute Gasteiger partial charge is 0.223 e. The topological polar surface area (TPSA) is 29.1 Å². The first-order valence-electron chi connectivity index (χ1n) is 5.02. The van der Waals surface area contributed by atoms with Crippen molar-refractivity contribution in [3.05, 3.63) is 12.7 Å². The zero-order valence-corrected chi connectivity index (χ0v) is 8.97. The molecule has 1 N–H and O–H groups in total. The average Bonchev–Trinajstić information content (AvgIpc) is 2.05. The molecule has 1 atom stereocenters. The average molecular weight is 183 g/mol. The van der Waals surface area contributed by atoms with E-state index in [0.29, 0.717) is 5.92 Å². The van der Waals surface area contributed by atoms with Gasteiger partial charge in [0.2, 0.25) is 5.91 Å². The summed E-state index contributed by atoms with van der Waals surface area (Å²) in [4.78, 5) is 11.5.